The third kappa shape index (κ3) is 5.28. The molecule has 1 aliphatic rings. The Morgan fingerprint density at radius 3 is 2.67 bits per heavy atom. The lowest BCUT2D eigenvalue weighted by molar-refractivity contribution is -0.00731. The molecular weight excluding hydrogens is 471 g/mol. The monoisotopic (exact) mass is 500 g/mol. The van der Waals surface area contributed by atoms with Crippen molar-refractivity contribution in [2.24, 2.45) is 4.99 Å². The highest BCUT2D eigenvalue weighted by atomic mass is 32.1. The highest BCUT2D eigenvalue weighted by Gasteiger charge is 2.27. The minimum atomic E-state index is -0.592. The van der Waals surface area contributed by atoms with Gasteiger partial charge in [0.25, 0.3) is 0 Å². The first kappa shape index (κ1) is 24.4. The second-order valence-electron chi connectivity index (χ2n) is 9.66. The molecule has 0 radical (unpaired) electrons. The molecule has 0 atom stereocenters. The predicted octanol–water partition coefficient (Wildman–Crippen LogP) is 6.75. The molecular formula is C29H29FN4OS. The van der Waals surface area contributed by atoms with Gasteiger partial charge in [-0.05, 0) is 80.1 Å². The van der Waals surface area contributed by atoms with Gasteiger partial charge >= 0.3 is 0 Å². The van der Waals surface area contributed by atoms with Gasteiger partial charge < -0.3 is 10.4 Å². The Morgan fingerprint density at radius 2 is 1.92 bits per heavy atom. The van der Waals surface area contributed by atoms with Gasteiger partial charge in [0.15, 0.2) is 0 Å². The van der Waals surface area contributed by atoms with E-state index in [1.165, 1.54) is 0 Å². The standard InChI is InChI=1S/C29H29FN4OS/c1-29(35)10-13-34(14-11-29)18-19-3-6-22(24(30)15-19)20-4-7-25-23(16-20)26(9-12-32-25)33-21-5-8-28(36)27(17-21)31-2/h3-9,12,15-17,35-36H,2,10-11,13-14,18H2,1H3,(H,32,33). The van der Waals surface area contributed by atoms with Gasteiger partial charge in [-0.3, -0.25) is 14.9 Å². The minimum absolute atomic E-state index is 0.250. The zero-order chi connectivity index (χ0) is 25.3. The Balaban J connectivity index is 1.41. The largest absolute Gasteiger partial charge is 0.390 e. The summed E-state index contributed by atoms with van der Waals surface area (Å²) in [4.78, 5) is 11.5. The lowest BCUT2D eigenvalue weighted by Crippen LogP contribution is -2.41. The number of aliphatic hydroxyl groups is 1. The Hall–Kier alpha value is -3.26. The van der Waals surface area contributed by atoms with E-state index in [0.717, 1.165) is 64.2 Å². The summed E-state index contributed by atoms with van der Waals surface area (Å²) in [5, 5.41) is 14.5. The number of aliphatic imine (C=N–C) groups is 1. The van der Waals surface area contributed by atoms with Gasteiger partial charge in [0, 0.05) is 53.1 Å². The van der Waals surface area contributed by atoms with E-state index in [2.05, 4.69) is 39.5 Å². The van der Waals surface area contributed by atoms with Crippen LogP contribution in [-0.2, 0) is 6.54 Å². The number of hydrogen-bond acceptors (Lipinski definition) is 6. The van der Waals surface area contributed by atoms with Crippen molar-refractivity contribution in [2.75, 3.05) is 18.4 Å². The Kier molecular flexibility index (Phi) is 6.79. The number of halogens is 1. The lowest BCUT2D eigenvalue weighted by Gasteiger charge is -2.35. The molecule has 7 heteroatoms. The maximum absolute atomic E-state index is 15.3. The number of hydrogen-bond donors (Lipinski definition) is 3. The van der Waals surface area contributed by atoms with Crippen LogP contribution in [0.5, 0.6) is 0 Å². The molecule has 3 aromatic carbocycles. The summed E-state index contributed by atoms with van der Waals surface area (Å²) >= 11 is 4.41. The van der Waals surface area contributed by atoms with Crippen LogP contribution < -0.4 is 5.32 Å². The zero-order valence-electron chi connectivity index (χ0n) is 20.2. The van der Waals surface area contributed by atoms with Crippen LogP contribution in [-0.4, -0.2) is 40.4 Å². The molecule has 0 spiro atoms. The minimum Gasteiger partial charge on any atom is -0.390 e. The molecule has 5 nitrogen and oxygen atoms in total. The van der Waals surface area contributed by atoms with Gasteiger partial charge in [0.1, 0.15) is 5.82 Å². The van der Waals surface area contributed by atoms with Crippen molar-refractivity contribution in [2.45, 2.75) is 36.8 Å². The van der Waals surface area contributed by atoms with Crippen LogP contribution in [0.4, 0.5) is 21.5 Å². The molecule has 2 heterocycles. The Bertz CT molecular complexity index is 1430. The number of nitrogens with zero attached hydrogens (tertiary/aromatic N) is 3. The average molecular weight is 501 g/mol. The smallest absolute Gasteiger partial charge is 0.131 e. The predicted molar refractivity (Wildman–Crippen MR) is 148 cm³/mol. The molecule has 0 amide bonds. The maximum Gasteiger partial charge on any atom is 0.131 e. The van der Waals surface area contributed by atoms with Crippen molar-refractivity contribution < 1.29 is 9.50 Å². The first-order valence-corrected chi connectivity index (χ1v) is 12.5. The number of rotatable bonds is 6. The van der Waals surface area contributed by atoms with E-state index in [1.54, 1.807) is 12.3 Å². The number of pyridine rings is 1. The molecule has 1 saturated heterocycles. The maximum atomic E-state index is 15.3. The molecule has 0 bridgehead atoms. The second kappa shape index (κ2) is 10.0. The number of piperidine rings is 1. The van der Waals surface area contributed by atoms with Crippen molar-refractivity contribution in [3.63, 3.8) is 0 Å². The van der Waals surface area contributed by atoms with Crippen molar-refractivity contribution in [3.8, 4) is 11.1 Å². The SMILES string of the molecule is C=Nc1cc(Nc2ccnc3ccc(-c4ccc(CN5CCC(C)(O)CC5)cc4F)cc23)ccc1S. The summed E-state index contributed by atoms with van der Waals surface area (Å²) in [5.74, 6) is -0.250. The summed E-state index contributed by atoms with van der Waals surface area (Å²) < 4.78 is 15.3. The molecule has 0 saturated carbocycles. The molecule has 5 rings (SSSR count). The highest BCUT2D eigenvalue weighted by Crippen LogP contribution is 2.33. The number of aromatic nitrogens is 1. The van der Waals surface area contributed by atoms with Crippen LogP contribution in [0.15, 0.2) is 76.7 Å². The van der Waals surface area contributed by atoms with E-state index >= 15 is 4.39 Å². The molecule has 36 heavy (non-hydrogen) atoms. The molecule has 4 aromatic rings. The average Bonchev–Trinajstić information content (AvgIpc) is 2.86. The number of nitrogens with one attached hydrogen (secondary N) is 1. The third-order valence-corrected chi connectivity index (χ3v) is 7.23. The highest BCUT2D eigenvalue weighted by molar-refractivity contribution is 7.80. The zero-order valence-corrected chi connectivity index (χ0v) is 21.1. The second-order valence-corrected chi connectivity index (χ2v) is 10.1. The first-order chi connectivity index (χ1) is 17.3. The van der Waals surface area contributed by atoms with Gasteiger partial charge in [-0.25, -0.2) is 4.39 Å². The van der Waals surface area contributed by atoms with E-state index in [-0.39, 0.29) is 5.82 Å². The molecule has 1 aliphatic heterocycles. The fourth-order valence-corrected chi connectivity index (χ4v) is 4.86. The number of anilines is 2. The molecule has 184 valence electrons. The molecule has 1 fully saturated rings. The topological polar surface area (TPSA) is 60.8 Å². The van der Waals surface area contributed by atoms with E-state index in [4.69, 9.17) is 0 Å². The van der Waals surface area contributed by atoms with Gasteiger partial charge in [0.2, 0.25) is 0 Å². The van der Waals surface area contributed by atoms with Crippen molar-refractivity contribution in [3.05, 3.63) is 78.2 Å². The van der Waals surface area contributed by atoms with Gasteiger partial charge in [-0.2, -0.15) is 0 Å². The van der Waals surface area contributed by atoms with Gasteiger partial charge in [-0.15, -0.1) is 12.6 Å². The van der Waals surface area contributed by atoms with Crippen molar-refractivity contribution in [1.29, 1.82) is 0 Å². The fraction of sp³-hybridized carbons (Fsp3) is 0.241. The molecule has 0 unspecified atom stereocenters. The van der Waals surface area contributed by atoms with Gasteiger partial charge in [-0.1, -0.05) is 18.2 Å². The van der Waals surface area contributed by atoms with E-state index < -0.39 is 5.60 Å². The molecule has 2 N–H and O–H groups in total. The van der Waals surface area contributed by atoms with Crippen LogP contribution in [0.1, 0.15) is 25.3 Å². The summed E-state index contributed by atoms with van der Waals surface area (Å²) in [7, 11) is 0. The van der Waals surface area contributed by atoms with Crippen LogP contribution >= 0.6 is 12.6 Å². The van der Waals surface area contributed by atoms with Crippen molar-refractivity contribution in [1.82, 2.24) is 9.88 Å². The van der Waals surface area contributed by atoms with Gasteiger partial charge in [0.05, 0.1) is 16.8 Å². The lowest BCUT2D eigenvalue weighted by atomic mass is 9.93. The quantitative estimate of drug-likeness (QED) is 0.202. The van der Waals surface area contributed by atoms with Crippen LogP contribution in [0.2, 0.25) is 0 Å². The Labute approximate surface area is 216 Å². The molecule has 0 aliphatic carbocycles. The van der Waals surface area contributed by atoms with Crippen LogP contribution in [0, 0.1) is 5.82 Å². The number of fused-ring (bicyclic) bond motifs is 1. The van der Waals surface area contributed by atoms with E-state index in [0.29, 0.717) is 17.8 Å². The summed E-state index contributed by atoms with van der Waals surface area (Å²) in [5.41, 5.74) is 4.90. The number of likely N-dealkylation sites (tertiary alicyclic amines) is 1. The normalized spacial score (nSPS) is 15.7. The van der Waals surface area contributed by atoms with Crippen molar-refractivity contribution >= 4 is 47.3 Å². The third-order valence-electron chi connectivity index (χ3n) is 6.85. The van der Waals surface area contributed by atoms with E-state index in [9.17, 15) is 5.11 Å². The number of thiol groups is 1. The fourth-order valence-electron chi connectivity index (χ4n) is 4.65. The van der Waals surface area contributed by atoms with Crippen LogP contribution in [0.25, 0.3) is 22.0 Å². The Morgan fingerprint density at radius 1 is 1.11 bits per heavy atom. The summed E-state index contributed by atoms with van der Waals surface area (Å²) in [6.45, 7) is 7.78. The molecule has 1 aromatic heterocycles. The summed E-state index contributed by atoms with van der Waals surface area (Å²) in [6, 6.07) is 18.8. The summed E-state index contributed by atoms with van der Waals surface area (Å²) in [6.07, 6.45) is 3.22. The van der Waals surface area contributed by atoms with E-state index in [1.807, 2.05) is 61.5 Å². The number of benzene rings is 3. The van der Waals surface area contributed by atoms with Crippen LogP contribution in [0.3, 0.4) is 0 Å². The first-order valence-electron chi connectivity index (χ1n) is 12.0.